The quantitative estimate of drug-likeness (QED) is 0.532. The maximum absolute atomic E-state index is 12.3. The van der Waals surface area contributed by atoms with Gasteiger partial charge in [-0.3, -0.25) is 9.89 Å². The van der Waals surface area contributed by atoms with Crippen LogP contribution in [-0.2, 0) is 13.0 Å². The number of benzene rings is 1. The van der Waals surface area contributed by atoms with Crippen molar-refractivity contribution in [2.45, 2.75) is 19.9 Å². The summed E-state index contributed by atoms with van der Waals surface area (Å²) in [6.07, 6.45) is 0.796. The summed E-state index contributed by atoms with van der Waals surface area (Å²) >= 11 is 1.60. The van der Waals surface area contributed by atoms with E-state index in [1.54, 1.807) is 17.4 Å². The van der Waals surface area contributed by atoms with Crippen molar-refractivity contribution in [1.29, 1.82) is 0 Å². The summed E-state index contributed by atoms with van der Waals surface area (Å²) in [5, 5.41) is 12.7. The van der Waals surface area contributed by atoms with Crippen molar-refractivity contribution in [2.75, 3.05) is 0 Å². The highest BCUT2D eigenvalue weighted by atomic mass is 32.1. The number of hydrogen-bond acceptors (Lipinski definition) is 5. The monoisotopic (exact) mass is 378 g/mol. The number of thiazole rings is 1. The third kappa shape index (κ3) is 4.15. The number of H-pyrrole nitrogens is 1. The van der Waals surface area contributed by atoms with Crippen LogP contribution in [0.15, 0.2) is 58.3 Å². The van der Waals surface area contributed by atoms with Crippen molar-refractivity contribution < 1.29 is 9.21 Å². The molecule has 4 aromatic rings. The fourth-order valence-corrected chi connectivity index (χ4v) is 3.51. The second-order valence-electron chi connectivity index (χ2n) is 6.15. The first kappa shape index (κ1) is 17.2. The standard InChI is InChI=1S/C20H18N4O2S/c1-13-7-8-18(26-13)16-10-17(24-23-16)20(25)21-11-15-12-27-19(22-15)9-14-5-3-2-4-6-14/h2-8,10,12H,9,11H2,1H3,(H,21,25)(H,23,24). The Balaban J connectivity index is 1.35. The number of carbonyl (C=O) groups excluding carboxylic acids is 1. The number of furan rings is 1. The maximum Gasteiger partial charge on any atom is 0.272 e. The van der Waals surface area contributed by atoms with Gasteiger partial charge in [0.15, 0.2) is 11.5 Å². The Morgan fingerprint density at radius 1 is 1.22 bits per heavy atom. The van der Waals surface area contributed by atoms with E-state index in [0.717, 1.165) is 22.9 Å². The van der Waals surface area contributed by atoms with E-state index < -0.39 is 0 Å². The highest BCUT2D eigenvalue weighted by Crippen LogP contribution is 2.20. The first-order valence-electron chi connectivity index (χ1n) is 8.55. The molecule has 1 amide bonds. The molecule has 7 heteroatoms. The molecule has 3 heterocycles. The van der Waals surface area contributed by atoms with Crippen molar-refractivity contribution in [2.24, 2.45) is 0 Å². The predicted octanol–water partition coefficient (Wildman–Crippen LogP) is 3.96. The van der Waals surface area contributed by atoms with Crippen LogP contribution in [0.3, 0.4) is 0 Å². The molecular formula is C20H18N4O2S. The first-order valence-corrected chi connectivity index (χ1v) is 9.43. The van der Waals surface area contributed by atoms with Gasteiger partial charge in [0.2, 0.25) is 0 Å². The lowest BCUT2D eigenvalue weighted by atomic mass is 10.2. The maximum atomic E-state index is 12.3. The zero-order chi connectivity index (χ0) is 18.6. The Labute approximate surface area is 160 Å². The fraction of sp³-hybridized carbons (Fsp3) is 0.150. The molecule has 0 saturated carbocycles. The molecule has 0 atom stereocenters. The highest BCUT2D eigenvalue weighted by molar-refractivity contribution is 7.09. The normalized spacial score (nSPS) is 10.9. The third-order valence-electron chi connectivity index (χ3n) is 4.04. The number of hydrogen-bond donors (Lipinski definition) is 2. The van der Waals surface area contributed by atoms with E-state index in [1.165, 1.54) is 5.56 Å². The van der Waals surface area contributed by atoms with Crippen LogP contribution in [-0.4, -0.2) is 21.1 Å². The van der Waals surface area contributed by atoms with Gasteiger partial charge in [0.25, 0.3) is 5.91 Å². The van der Waals surface area contributed by atoms with Gasteiger partial charge in [-0.05, 0) is 24.6 Å². The van der Waals surface area contributed by atoms with E-state index in [9.17, 15) is 4.79 Å². The molecule has 136 valence electrons. The van der Waals surface area contributed by atoms with E-state index in [0.29, 0.717) is 23.7 Å². The van der Waals surface area contributed by atoms with Crippen LogP contribution in [0.2, 0.25) is 0 Å². The predicted molar refractivity (Wildman–Crippen MR) is 104 cm³/mol. The Morgan fingerprint density at radius 3 is 2.85 bits per heavy atom. The van der Waals surface area contributed by atoms with Gasteiger partial charge in [-0.25, -0.2) is 4.98 Å². The fourth-order valence-electron chi connectivity index (χ4n) is 2.69. The summed E-state index contributed by atoms with van der Waals surface area (Å²) in [4.78, 5) is 16.9. The Kier molecular flexibility index (Phi) is 4.84. The molecule has 0 aliphatic carbocycles. The van der Waals surface area contributed by atoms with Crippen molar-refractivity contribution in [1.82, 2.24) is 20.5 Å². The number of aryl methyl sites for hydroxylation is 1. The number of aromatic nitrogens is 3. The van der Waals surface area contributed by atoms with Crippen molar-refractivity contribution in [3.8, 4) is 11.5 Å². The van der Waals surface area contributed by atoms with E-state index >= 15 is 0 Å². The summed E-state index contributed by atoms with van der Waals surface area (Å²) in [5.74, 6) is 1.21. The lowest BCUT2D eigenvalue weighted by Crippen LogP contribution is -2.23. The minimum absolute atomic E-state index is 0.251. The molecule has 0 spiro atoms. The molecule has 0 bridgehead atoms. The van der Waals surface area contributed by atoms with Crippen molar-refractivity contribution >= 4 is 17.2 Å². The molecule has 4 rings (SSSR count). The van der Waals surface area contributed by atoms with Gasteiger partial charge >= 0.3 is 0 Å². The number of carbonyl (C=O) groups is 1. The van der Waals surface area contributed by atoms with E-state index in [-0.39, 0.29) is 5.91 Å². The minimum atomic E-state index is -0.251. The molecule has 0 unspecified atom stereocenters. The van der Waals surface area contributed by atoms with E-state index in [4.69, 9.17) is 4.42 Å². The summed E-state index contributed by atoms with van der Waals surface area (Å²) in [5.41, 5.74) is 3.06. The average molecular weight is 378 g/mol. The number of rotatable bonds is 6. The molecule has 0 fully saturated rings. The Hall–Kier alpha value is -3.19. The zero-order valence-corrected chi connectivity index (χ0v) is 15.5. The zero-order valence-electron chi connectivity index (χ0n) is 14.7. The highest BCUT2D eigenvalue weighted by Gasteiger charge is 2.13. The molecule has 0 saturated heterocycles. The topological polar surface area (TPSA) is 83.8 Å². The summed E-state index contributed by atoms with van der Waals surface area (Å²) in [6.45, 7) is 2.24. The average Bonchev–Trinajstić information content (AvgIpc) is 3.41. The van der Waals surface area contributed by atoms with Crippen LogP contribution in [0.5, 0.6) is 0 Å². The Morgan fingerprint density at radius 2 is 2.07 bits per heavy atom. The molecule has 0 aliphatic heterocycles. The van der Waals surface area contributed by atoms with Crippen LogP contribution >= 0.6 is 11.3 Å². The number of amides is 1. The van der Waals surface area contributed by atoms with Gasteiger partial charge in [-0.1, -0.05) is 30.3 Å². The molecule has 0 radical (unpaired) electrons. The molecule has 27 heavy (non-hydrogen) atoms. The molecular weight excluding hydrogens is 360 g/mol. The number of nitrogens with one attached hydrogen (secondary N) is 2. The van der Waals surface area contributed by atoms with Gasteiger partial charge in [0.1, 0.15) is 11.5 Å². The smallest absolute Gasteiger partial charge is 0.272 e. The van der Waals surface area contributed by atoms with Crippen molar-refractivity contribution in [3.05, 3.63) is 81.6 Å². The van der Waals surface area contributed by atoms with E-state index in [2.05, 4.69) is 32.6 Å². The molecule has 1 aromatic carbocycles. The van der Waals surface area contributed by atoms with Crippen LogP contribution in [0.1, 0.15) is 32.5 Å². The first-order chi connectivity index (χ1) is 13.2. The van der Waals surface area contributed by atoms with Gasteiger partial charge in [-0.2, -0.15) is 5.10 Å². The summed E-state index contributed by atoms with van der Waals surface area (Å²) in [6, 6.07) is 15.6. The SMILES string of the molecule is Cc1ccc(-c2cc(C(=O)NCc3csc(Cc4ccccc4)n3)n[nH]2)o1. The summed E-state index contributed by atoms with van der Waals surface area (Å²) < 4.78 is 5.53. The minimum Gasteiger partial charge on any atom is -0.460 e. The molecule has 3 aromatic heterocycles. The van der Waals surface area contributed by atoms with Gasteiger partial charge in [-0.15, -0.1) is 11.3 Å². The third-order valence-corrected chi connectivity index (χ3v) is 4.94. The van der Waals surface area contributed by atoms with E-state index in [1.807, 2.05) is 42.6 Å². The van der Waals surface area contributed by atoms with Crippen LogP contribution in [0.4, 0.5) is 0 Å². The second-order valence-corrected chi connectivity index (χ2v) is 7.10. The molecule has 0 aliphatic rings. The van der Waals surface area contributed by atoms with Gasteiger partial charge in [0, 0.05) is 17.9 Å². The second kappa shape index (κ2) is 7.59. The summed E-state index contributed by atoms with van der Waals surface area (Å²) in [7, 11) is 0. The number of aromatic amines is 1. The molecule has 2 N–H and O–H groups in total. The lowest BCUT2D eigenvalue weighted by Gasteiger charge is -2.00. The molecule has 6 nitrogen and oxygen atoms in total. The lowest BCUT2D eigenvalue weighted by molar-refractivity contribution is 0.0945. The largest absolute Gasteiger partial charge is 0.460 e. The Bertz CT molecular complexity index is 1050. The van der Waals surface area contributed by atoms with Crippen LogP contribution in [0, 0.1) is 6.92 Å². The number of nitrogens with zero attached hydrogens (tertiary/aromatic N) is 2. The van der Waals surface area contributed by atoms with Crippen LogP contribution in [0.25, 0.3) is 11.5 Å². The van der Waals surface area contributed by atoms with Crippen LogP contribution < -0.4 is 5.32 Å². The van der Waals surface area contributed by atoms with Gasteiger partial charge in [0.05, 0.1) is 17.2 Å². The van der Waals surface area contributed by atoms with Gasteiger partial charge < -0.3 is 9.73 Å². The van der Waals surface area contributed by atoms with Crippen molar-refractivity contribution in [3.63, 3.8) is 0 Å².